The minimum atomic E-state index is 0.210. The summed E-state index contributed by atoms with van der Waals surface area (Å²) in [5.74, 6) is 1.65. The molecule has 24 heavy (non-hydrogen) atoms. The molecule has 0 aliphatic carbocycles. The first-order chi connectivity index (χ1) is 11.7. The van der Waals surface area contributed by atoms with Crippen LogP contribution < -0.4 is 10.2 Å². The van der Waals surface area contributed by atoms with Gasteiger partial charge in [-0.1, -0.05) is 12.1 Å². The van der Waals surface area contributed by atoms with E-state index in [0.29, 0.717) is 18.7 Å². The first kappa shape index (κ1) is 14.6. The van der Waals surface area contributed by atoms with Crippen LogP contribution in [0, 0.1) is 6.92 Å². The number of fused-ring (bicyclic) bond motifs is 1. The molecule has 0 saturated carbocycles. The van der Waals surface area contributed by atoms with Crippen molar-refractivity contribution in [2.45, 2.75) is 26.3 Å². The van der Waals surface area contributed by atoms with Crippen molar-refractivity contribution in [1.29, 1.82) is 0 Å². The summed E-state index contributed by atoms with van der Waals surface area (Å²) < 4.78 is 1.68. The van der Waals surface area contributed by atoms with E-state index in [0.717, 1.165) is 35.7 Å². The highest BCUT2D eigenvalue weighted by atomic mass is 16.2. The summed E-state index contributed by atoms with van der Waals surface area (Å²) in [6.45, 7) is 3.41. The number of aromatic nitrogens is 4. The number of carbonyl (C=O) groups is 1. The van der Waals surface area contributed by atoms with E-state index in [2.05, 4.69) is 20.4 Å². The van der Waals surface area contributed by atoms with E-state index >= 15 is 0 Å². The molecule has 7 nitrogen and oxygen atoms in total. The molecule has 3 heterocycles. The fourth-order valence-electron chi connectivity index (χ4n) is 2.96. The average Bonchev–Trinajstić information content (AvgIpc) is 3.21. The van der Waals surface area contributed by atoms with Gasteiger partial charge < -0.3 is 10.2 Å². The molecular formula is C17H18N6O. The van der Waals surface area contributed by atoms with Gasteiger partial charge in [0.25, 0.3) is 5.78 Å². The Morgan fingerprint density at radius 1 is 1.25 bits per heavy atom. The average molecular weight is 322 g/mol. The lowest BCUT2D eigenvalue weighted by Crippen LogP contribution is -2.23. The van der Waals surface area contributed by atoms with Crippen LogP contribution in [0.15, 0.2) is 36.7 Å². The second-order valence-corrected chi connectivity index (χ2v) is 5.92. The highest BCUT2D eigenvalue weighted by molar-refractivity contribution is 5.95. The molecule has 3 aromatic rings. The molecule has 1 N–H and O–H groups in total. The standard InChI is InChI=1S/C17H18N6O/c1-12-9-15(23-17(21-12)19-11-20-23)18-10-13-4-6-14(7-5-13)22-8-2-3-16(22)24/h4-7,9,11,18H,2-3,8,10H2,1H3. The zero-order chi connectivity index (χ0) is 16.5. The zero-order valence-corrected chi connectivity index (χ0v) is 13.4. The van der Waals surface area contributed by atoms with Gasteiger partial charge in [0.2, 0.25) is 5.91 Å². The van der Waals surface area contributed by atoms with E-state index in [-0.39, 0.29) is 5.91 Å². The third kappa shape index (κ3) is 2.68. The smallest absolute Gasteiger partial charge is 0.254 e. The lowest BCUT2D eigenvalue weighted by atomic mass is 10.2. The molecular weight excluding hydrogens is 304 g/mol. The molecule has 0 atom stereocenters. The molecule has 122 valence electrons. The van der Waals surface area contributed by atoms with Crippen molar-refractivity contribution < 1.29 is 4.79 Å². The number of benzene rings is 1. The van der Waals surface area contributed by atoms with Gasteiger partial charge in [0.05, 0.1) is 0 Å². The van der Waals surface area contributed by atoms with Crippen molar-refractivity contribution in [2.24, 2.45) is 0 Å². The summed E-state index contributed by atoms with van der Waals surface area (Å²) in [6.07, 6.45) is 3.09. The van der Waals surface area contributed by atoms with E-state index in [1.165, 1.54) is 6.33 Å². The summed E-state index contributed by atoms with van der Waals surface area (Å²) in [6, 6.07) is 10.0. The van der Waals surface area contributed by atoms with E-state index in [9.17, 15) is 4.79 Å². The molecule has 1 saturated heterocycles. The highest BCUT2D eigenvalue weighted by Crippen LogP contribution is 2.22. The van der Waals surface area contributed by atoms with Crippen molar-refractivity contribution in [3.8, 4) is 0 Å². The van der Waals surface area contributed by atoms with Crippen molar-refractivity contribution in [3.05, 3.63) is 47.9 Å². The molecule has 1 fully saturated rings. The topological polar surface area (TPSA) is 75.4 Å². The second kappa shape index (κ2) is 5.92. The summed E-state index contributed by atoms with van der Waals surface area (Å²) in [7, 11) is 0. The van der Waals surface area contributed by atoms with Gasteiger partial charge >= 0.3 is 0 Å². The number of carbonyl (C=O) groups excluding carboxylic acids is 1. The monoisotopic (exact) mass is 322 g/mol. The Morgan fingerprint density at radius 2 is 2.08 bits per heavy atom. The van der Waals surface area contributed by atoms with Crippen molar-refractivity contribution in [3.63, 3.8) is 0 Å². The van der Waals surface area contributed by atoms with Crippen LogP contribution >= 0.6 is 0 Å². The fourth-order valence-corrected chi connectivity index (χ4v) is 2.96. The van der Waals surface area contributed by atoms with Crippen molar-refractivity contribution in [2.75, 3.05) is 16.8 Å². The van der Waals surface area contributed by atoms with Gasteiger partial charge in [0, 0.05) is 37.0 Å². The molecule has 4 rings (SSSR count). The van der Waals surface area contributed by atoms with Crippen LogP contribution in [0.25, 0.3) is 5.78 Å². The molecule has 0 spiro atoms. The zero-order valence-electron chi connectivity index (χ0n) is 13.4. The Bertz CT molecular complexity index is 886. The minimum Gasteiger partial charge on any atom is -0.366 e. The van der Waals surface area contributed by atoms with Gasteiger partial charge in [0.15, 0.2) is 0 Å². The lowest BCUT2D eigenvalue weighted by Gasteiger charge is -2.16. The minimum absolute atomic E-state index is 0.210. The number of rotatable bonds is 4. The number of amides is 1. The quantitative estimate of drug-likeness (QED) is 0.797. The summed E-state index contributed by atoms with van der Waals surface area (Å²) >= 11 is 0. The summed E-state index contributed by atoms with van der Waals surface area (Å²) in [5, 5.41) is 7.55. The maximum absolute atomic E-state index is 11.8. The molecule has 0 unspecified atom stereocenters. The first-order valence-electron chi connectivity index (χ1n) is 8.01. The van der Waals surface area contributed by atoms with Crippen LogP contribution in [-0.2, 0) is 11.3 Å². The van der Waals surface area contributed by atoms with Crippen LogP contribution in [0.3, 0.4) is 0 Å². The maximum Gasteiger partial charge on any atom is 0.254 e. The Hall–Kier alpha value is -2.96. The van der Waals surface area contributed by atoms with Crippen LogP contribution in [0.1, 0.15) is 24.1 Å². The van der Waals surface area contributed by atoms with Gasteiger partial charge in [-0.15, -0.1) is 0 Å². The van der Waals surface area contributed by atoms with Crippen LogP contribution in [0.2, 0.25) is 0 Å². The van der Waals surface area contributed by atoms with Crippen LogP contribution in [0.5, 0.6) is 0 Å². The Morgan fingerprint density at radius 3 is 2.83 bits per heavy atom. The van der Waals surface area contributed by atoms with Gasteiger partial charge in [-0.25, -0.2) is 4.98 Å². The highest BCUT2D eigenvalue weighted by Gasteiger charge is 2.21. The van der Waals surface area contributed by atoms with Gasteiger partial charge in [-0.3, -0.25) is 4.79 Å². The lowest BCUT2D eigenvalue weighted by molar-refractivity contribution is -0.117. The largest absolute Gasteiger partial charge is 0.366 e. The third-order valence-corrected chi connectivity index (χ3v) is 4.17. The van der Waals surface area contributed by atoms with Crippen molar-refractivity contribution >= 4 is 23.2 Å². The summed E-state index contributed by atoms with van der Waals surface area (Å²) in [4.78, 5) is 22.1. The fraction of sp³-hybridized carbons (Fsp3) is 0.294. The maximum atomic E-state index is 11.8. The van der Waals surface area contributed by atoms with Gasteiger partial charge in [-0.2, -0.15) is 14.6 Å². The molecule has 1 amide bonds. The van der Waals surface area contributed by atoms with E-state index in [4.69, 9.17) is 0 Å². The number of nitrogens with one attached hydrogen (secondary N) is 1. The molecule has 1 aromatic carbocycles. The van der Waals surface area contributed by atoms with Crippen LogP contribution in [0.4, 0.5) is 11.5 Å². The predicted molar refractivity (Wildman–Crippen MR) is 90.9 cm³/mol. The number of aryl methyl sites for hydroxylation is 1. The molecule has 0 bridgehead atoms. The predicted octanol–water partition coefficient (Wildman–Crippen LogP) is 2.17. The van der Waals surface area contributed by atoms with E-state index in [1.807, 2.05) is 42.2 Å². The van der Waals surface area contributed by atoms with Crippen molar-refractivity contribution in [1.82, 2.24) is 19.6 Å². The van der Waals surface area contributed by atoms with Crippen LogP contribution in [-0.4, -0.2) is 32.0 Å². The molecule has 1 aliphatic heterocycles. The molecule has 0 radical (unpaired) electrons. The van der Waals surface area contributed by atoms with Gasteiger partial charge in [-0.05, 0) is 31.0 Å². The third-order valence-electron chi connectivity index (χ3n) is 4.17. The molecule has 2 aromatic heterocycles. The van der Waals surface area contributed by atoms with E-state index in [1.54, 1.807) is 4.52 Å². The Balaban J connectivity index is 1.49. The number of nitrogens with zero attached hydrogens (tertiary/aromatic N) is 5. The SMILES string of the molecule is Cc1cc(NCc2ccc(N3CCCC3=O)cc2)n2ncnc2n1. The van der Waals surface area contributed by atoms with E-state index < -0.39 is 0 Å². The Labute approximate surface area is 139 Å². The number of hydrogen-bond acceptors (Lipinski definition) is 5. The molecule has 1 aliphatic rings. The number of hydrogen-bond donors (Lipinski definition) is 1. The number of anilines is 2. The summed E-state index contributed by atoms with van der Waals surface area (Å²) in [5.41, 5.74) is 2.99. The van der Waals surface area contributed by atoms with Gasteiger partial charge in [0.1, 0.15) is 12.1 Å². The second-order valence-electron chi connectivity index (χ2n) is 5.92. The normalized spacial score (nSPS) is 14.5. The first-order valence-corrected chi connectivity index (χ1v) is 8.01. The molecule has 7 heteroatoms. The Kier molecular flexibility index (Phi) is 3.60.